The predicted octanol–water partition coefficient (Wildman–Crippen LogP) is 5.17. The smallest absolute Gasteiger partial charge is 0.478 e. The molecule has 6 nitrogen and oxygen atoms in total. The van der Waals surface area contributed by atoms with Gasteiger partial charge >= 0.3 is 12.3 Å². The van der Waals surface area contributed by atoms with Crippen LogP contribution < -0.4 is 9.47 Å². The van der Waals surface area contributed by atoms with Crippen molar-refractivity contribution in [2.24, 2.45) is 0 Å². The number of aromatic nitrogens is 1. The number of hydrogen-bond acceptors (Lipinski definition) is 5. The van der Waals surface area contributed by atoms with Gasteiger partial charge in [0.1, 0.15) is 5.78 Å². The van der Waals surface area contributed by atoms with Crippen molar-refractivity contribution in [2.75, 3.05) is 0 Å². The van der Waals surface area contributed by atoms with E-state index in [1.807, 2.05) is 19.1 Å². The van der Waals surface area contributed by atoms with Gasteiger partial charge in [-0.25, -0.2) is 4.79 Å². The highest BCUT2D eigenvalue weighted by Gasteiger charge is 2.52. The molecule has 1 N–H and O–H groups in total. The molecule has 170 valence electrons. The van der Waals surface area contributed by atoms with E-state index >= 15 is 0 Å². The minimum Gasteiger partial charge on any atom is -0.478 e. The lowest BCUT2D eigenvalue weighted by Gasteiger charge is -2.15. The Morgan fingerprint density at radius 2 is 1.82 bits per heavy atom. The van der Waals surface area contributed by atoms with Crippen molar-refractivity contribution in [1.29, 1.82) is 0 Å². The number of rotatable bonds is 6. The molecule has 3 aromatic rings. The molecule has 0 saturated heterocycles. The minimum absolute atomic E-state index is 0. The van der Waals surface area contributed by atoms with E-state index in [2.05, 4.69) is 14.5 Å². The Bertz CT molecular complexity index is 1310. The van der Waals surface area contributed by atoms with Crippen molar-refractivity contribution in [1.82, 2.24) is 4.98 Å². The second kappa shape index (κ2) is 7.37. The molecule has 0 amide bonds. The molecule has 1 aliphatic heterocycles. The van der Waals surface area contributed by atoms with Crippen LogP contribution in [-0.4, -0.2) is 28.1 Å². The highest BCUT2D eigenvalue weighted by molar-refractivity contribution is 5.94. The quantitative estimate of drug-likeness (QED) is 0.555. The van der Waals surface area contributed by atoms with Crippen LogP contribution in [0.4, 0.5) is 8.78 Å². The zero-order valence-electron chi connectivity index (χ0n) is 17.6. The summed E-state index contributed by atoms with van der Waals surface area (Å²) in [7, 11) is 0. The van der Waals surface area contributed by atoms with Crippen LogP contribution in [0.5, 0.6) is 11.5 Å². The van der Waals surface area contributed by atoms with Gasteiger partial charge in [-0.15, -0.1) is 8.78 Å². The fourth-order valence-electron chi connectivity index (χ4n) is 4.22. The number of aromatic carboxylic acids is 1. The molecule has 0 bridgehead atoms. The number of pyridine rings is 1. The maximum absolute atomic E-state index is 13.4. The van der Waals surface area contributed by atoms with Gasteiger partial charge in [-0.1, -0.05) is 18.2 Å². The molecule has 2 aromatic carbocycles. The maximum Gasteiger partial charge on any atom is 0.586 e. The minimum atomic E-state index is -3.71. The topological polar surface area (TPSA) is 85.7 Å². The van der Waals surface area contributed by atoms with Crippen LogP contribution in [-0.2, 0) is 16.6 Å². The first-order chi connectivity index (χ1) is 15.6. The molecule has 1 aromatic heterocycles. The van der Waals surface area contributed by atoms with E-state index < -0.39 is 17.7 Å². The average molecular weight is 453 g/mol. The van der Waals surface area contributed by atoms with Crippen LogP contribution in [0.25, 0.3) is 11.3 Å². The summed E-state index contributed by atoms with van der Waals surface area (Å²) in [5.41, 5.74) is 2.69. The molecule has 2 aliphatic rings. The van der Waals surface area contributed by atoms with Crippen LogP contribution in [0, 0.1) is 6.92 Å². The first-order valence-corrected chi connectivity index (χ1v) is 10.4. The highest BCUT2D eigenvalue weighted by atomic mass is 19.3. The van der Waals surface area contributed by atoms with Gasteiger partial charge in [-0.3, -0.25) is 9.78 Å². The van der Waals surface area contributed by atoms with Gasteiger partial charge in [0.25, 0.3) is 0 Å². The second-order valence-electron chi connectivity index (χ2n) is 8.42. The lowest BCUT2D eigenvalue weighted by atomic mass is 9.88. The Hall–Kier alpha value is -3.81. The standard InChI is InChI=1S/C25H19F2NO5.H2/c1-14-9-18(28-19(10-14)15-3-2-4-16(11-15)23(30)31)13-22(29)24(7-8-24)17-5-6-20-21(12-17)33-25(26,27)32-20;/h2-6,9-12H,7-8,13H2,1H3,(H,30,31);1H. The Morgan fingerprint density at radius 3 is 2.55 bits per heavy atom. The lowest BCUT2D eigenvalue weighted by molar-refractivity contribution is -0.286. The molecule has 1 fully saturated rings. The van der Waals surface area contributed by atoms with E-state index in [1.54, 1.807) is 24.3 Å². The van der Waals surface area contributed by atoms with Gasteiger partial charge in [-0.2, -0.15) is 0 Å². The van der Waals surface area contributed by atoms with Crippen molar-refractivity contribution in [3.63, 3.8) is 0 Å². The number of Topliss-reactive ketones (excluding diaryl/α,β-unsaturated/α-hetero) is 1. The first kappa shape index (κ1) is 21.1. The Kier molecular flexibility index (Phi) is 4.70. The van der Waals surface area contributed by atoms with E-state index in [-0.39, 0.29) is 30.7 Å². The third-order valence-corrected chi connectivity index (χ3v) is 6.01. The normalized spacial score (nSPS) is 16.9. The van der Waals surface area contributed by atoms with Crippen LogP contribution in [0.3, 0.4) is 0 Å². The largest absolute Gasteiger partial charge is 0.586 e. The first-order valence-electron chi connectivity index (χ1n) is 10.4. The van der Waals surface area contributed by atoms with E-state index in [0.717, 1.165) is 5.56 Å². The number of alkyl halides is 2. The predicted molar refractivity (Wildman–Crippen MR) is 116 cm³/mol. The maximum atomic E-state index is 13.4. The summed E-state index contributed by atoms with van der Waals surface area (Å²) in [6, 6.07) is 14.6. The van der Waals surface area contributed by atoms with Gasteiger partial charge in [0.05, 0.1) is 16.7 Å². The van der Waals surface area contributed by atoms with Crippen molar-refractivity contribution < 1.29 is 34.4 Å². The van der Waals surface area contributed by atoms with Gasteiger partial charge in [0, 0.05) is 19.1 Å². The fourth-order valence-corrected chi connectivity index (χ4v) is 4.22. The summed E-state index contributed by atoms with van der Waals surface area (Å²) in [5.74, 6) is -1.22. The number of fused-ring (bicyclic) bond motifs is 1. The number of benzene rings is 2. The summed E-state index contributed by atoms with van der Waals surface area (Å²) < 4.78 is 35.7. The summed E-state index contributed by atoms with van der Waals surface area (Å²) in [6.07, 6.45) is -2.41. The molecule has 5 rings (SSSR count). The number of carboxylic acids is 1. The number of hydrogen-bond donors (Lipinski definition) is 1. The summed E-state index contributed by atoms with van der Waals surface area (Å²) in [4.78, 5) is 29.2. The monoisotopic (exact) mass is 453 g/mol. The fraction of sp³-hybridized carbons (Fsp3) is 0.240. The van der Waals surface area contributed by atoms with Gasteiger partial charge in [0.2, 0.25) is 0 Å². The molecule has 1 saturated carbocycles. The molecular weight excluding hydrogens is 432 g/mol. The summed E-state index contributed by atoms with van der Waals surface area (Å²) in [5, 5.41) is 9.25. The number of ketones is 1. The molecular formula is C25H21F2NO5. The Morgan fingerprint density at radius 1 is 1.06 bits per heavy atom. The Balaban J connectivity index is 0.00000274. The molecule has 0 radical (unpaired) electrons. The van der Waals surface area contributed by atoms with Crippen LogP contribution in [0.2, 0.25) is 0 Å². The number of ether oxygens (including phenoxy) is 2. The van der Waals surface area contributed by atoms with Crippen LogP contribution >= 0.6 is 0 Å². The molecule has 8 heteroatoms. The molecule has 0 spiro atoms. The van der Waals surface area contributed by atoms with E-state index in [1.165, 1.54) is 18.2 Å². The van der Waals surface area contributed by atoms with E-state index in [9.17, 15) is 23.5 Å². The number of carbonyl (C=O) groups is 2. The number of aryl methyl sites for hydroxylation is 1. The third kappa shape index (κ3) is 3.92. The zero-order valence-corrected chi connectivity index (χ0v) is 17.6. The summed E-state index contributed by atoms with van der Waals surface area (Å²) in [6.45, 7) is 1.88. The van der Waals surface area contributed by atoms with E-state index in [4.69, 9.17) is 0 Å². The molecule has 0 atom stereocenters. The highest BCUT2D eigenvalue weighted by Crippen LogP contribution is 2.52. The molecule has 1 aliphatic carbocycles. The summed E-state index contributed by atoms with van der Waals surface area (Å²) >= 11 is 0. The number of nitrogens with zero attached hydrogens (tertiary/aromatic N) is 1. The average Bonchev–Trinajstić information content (AvgIpc) is 3.50. The lowest BCUT2D eigenvalue weighted by Crippen LogP contribution is -2.26. The van der Waals surface area contributed by atoms with Crippen LogP contribution in [0.1, 0.15) is 41.4 Å². The third-order valence-electron chi connectivity index (χ3n) is 6.01. The number of carbonyl (C=O) groups excluding carboxylic acids is 1. The van der Waals surface area contributed by atoms with Crippen molar-refractivity contribution >= 4 is 11.8 Å². The molecule has 33 heavy (non-hydrogen) atoms. The van der Waals surface area contributed by atoms with E-state index in [0.29, 0.717) is 35.4 Å². The molecule has 2 heterocycles. The Labute approximate surface area is 189 Å². The number of carboxylic acid groups (broad SMARTS) is 1. The number of halogens is 2. The SMILES string of the molecule is Cc1cc(CC(=O)C2(c3ccc4c(c3)OC(F)(F)O4)CC2)nc(-c2cccc(C(=O)O)c2)c1.[HH]. The van der Waals surface area contributed by atoms with Gasteiger partial charge in [0.15, 0.2) is 11.5 Å². The van der Waals surface area contributed by atoms with Crippen LogP contribution in [0.15, 0.2) is 54.6 Å². The van der Waals surface area contributed by atoms with Crippen molar-refractivity contribution in [3.05, 3.63) is 77.0 Å². The zero-order chi connectivity index (χ0) is 23.4. The molecule has 0 unspecified atom stereocenters. The van der Waals surface area contributed by atoms with Crippen molar-refractivity contribution in [3.8, 4) is 22.8 Å². The van der Waals surface area contributed by atoms with Crippen molar-refractivity contribution in [2.45, 2.75) is 37.9 Å². The van der Waals surface area contributed by atoms with Gasteiger partial charge in [-0.05, 0) is 67.3 Å². The second-order valence-corrected chi connectivity index (χ2v) is 8.42. The van der Waals surface area contributed by atoms with Gasteiger partial charge < -0.3 is 14.6 Å².